The molecule has 0 unspecified atom stereocenters. The lowest BCUT2D eigenvalue weighted by Crippen LogP contribution is -2.08. The molecule has 9 heteroatoms. The zero-order chi connectivity index (χ0) is 18.8. The van der Waals surface area contributed by atoms with Gasteiger partial charge in [-0.3, -0.25) is 5.32 Å². The van der Waals surface area contributed by atoms with Crippen molar-refractivity contribution in [3.63, 3.8) is 0 Å². The number of rotatable bonds is 4. The number of nitrogens with zero attached hydrogens (tertiary/aromatic N) is 5. The van der Waals surface area contributed by atoms with Gasteiger partial charge < -0.3 is 5.11 Å². The minimum Gasteiger partial charge on any atom is -0.465 e. The number of carbonyl (C=O) groups is 1. The molecular formula is C18H13FN6O2. The summed E-state index contributed by atoms with van der Waals surface area (Å²) in [6, 6.07) is 10.1. The predicted molar refractivity (Wildman–Crippen MR) is 95.7 cm³/mol. The Balaban J connectivity index is 1.76. The Hall–Kier alpha value is -3.88. The number of hydrogen-bond acceptors (Lipinski definition) is 5. The standard InChI is InChI=1S/C18H13FN6O2/c19-14-6-2-1-4-11(14)10-25-17-13(5-3-7-20-17)15(24-25)16-21-8-12(9-22-16)23-18(26)27/h1-9,23H,10H2,(H,26,27). The van der Waals surface area contributed by atoms with Crippen molar-refractivity contribution < 1.29 is 14.3 Å². The fourth-order valence-electron chi connectivity index (χ4n) is 2.71. The van der Waals surface area contributed by atoms with Crippen LogP contribution >= 0.6 is 0 Å². The molecule has 3 aromatic heterocycles. The molecule has 0 radical (unpaired) electrons. The molecular weight excluding hydrogens is 351 g/mol. The van der Waals surface area contributed by atoms with Crippen LogP contribution in [-0.4, -0.2) is 35.9 Å². The molecule has 0 aliphatic rings. The average molecular weight is 364 g/mol. The van der Waals surface area contributed by atoms with E-state index in [2.05, 4.69) is 25.4 Å². The Morgan fingerprint density at radius 2 is 1.89 bits per heavy atom. The second-order valence-electron chi connectivity index (χ2n) is 5.70. The van der Waals surface area contributed by atoms with Crippen LogP contribution < -0.4 is 5.32 Å². The normalized spacial score (nSPS) is 10.9. The third-order valence-corrected chi connectivity index (χ3v) is 3.90. The molecule has 27 heavy (non-hydrogen) atoms. The van der Waals surface area contributed by atoms with Gasteiger partial charge in [-0.25, -0.2) is 28.8 Å². The SMILES string of the molecule is O=C(O)Nc1cnc(-c2nn(Cc3ccccc3F)c3ncccc23)nc1. The van der Waals surface area contributed by atoms with Crippen LogP contribution in [0.1, 0.15) is 5.56 Å². The largest absolute Gasteiger partial charge is 0.465 e. The molecule has 8 nitrogen and oxygen atoms in total. The summed E-state index contributed by atoms with van der Waals surface area (Å²) in [5.41, 5.74) is 1.80. The monoisotopic (exact) mass is 364 g/mol. The molecule has 0 aliphatic carbocycles. The van der Waals surface area contributed by atoms with Crippen LogP contribution in [0.25, 0.3) is 22.6 Å². The summed E-state index contributed by atoms with van der Waals surface area (Å²) >= 11 is 0. The van der Waals surface area contributed by atoms with Gasteiger partial charge in [-0.2, -0.15) is 5.10 Å². The molecule has 0 saturated heterocycles. The minimum atomic E-state index is -1.20. The maximum atomic E-state index is 14.0. The summed E-state index contributed by atoms with van der Waals surface area (Å²) in [6.45, 7) is 0.207. The molecule has 0 bridgehead atoms. The number of fused-ring (bicyclic) bond motifs is 1. The number of hydrogen-bond donors (Lipinski definition) is 2. The highest BCUT2D eigenvalue weighted by molar-refractivity contribution is 5.89. The topological polar surface area (TPSA) is 106 Å². The maximum absolute atomic E-state index is 14.0. The third kappa shape index (κ3) is 3.30. The average Bonchev–Trinajstić information content (AvgIpc) is 3.03. The lowest BCUT2D eigenvalue weighted by atomic mass is 10.2. The molecule has 3 heterocycles. The highest BCUT2D eigenvalue weighted by atomic mass is 19.1. The quantitative estimate of drug-likeness (QED) is 0.576. The maximum Gasteiger partial charge on any atom is 0.409 e. The summed E-state index contributed by atoms with van der Waals surface area (Å²) in [7, 11) is 0. The molecule has 0 atom stereocenters. The van der Waals surface area contributed by atoms with E-state index in [1.807, 2.05) is 6.07 Å². The molecule has 0 fully saturated rings. The van der Waals surface area contributed by atoms with Crippen molar-refractivity contribution in [1.29, 1.82) is 0 Å². The number of carboxylic acid groups (broad SMARTS) is 1. The Kier molecular flexibility index (Phi) is 4.17. The summed E-state index contributed by atoms with van der Waals surface area (Å²) in [5.74, 6) is -0.00444. The van der Waals surface area contributed by atoms with Crippen LogP contribution in [0.3, 0.4) is 0 Å². The Labute approximate surface area is 152 Å². The van der Waals surface area contributed by atoms with Gasteiger partial charge in [-0.1, -0.05) is 18.2 Å². The number of amides is 1. The van der Waals surface area contributed by atoms with Crippen molar-refractivity contribution in [3.8, 4) is 11.5 Å². The molecule has 0 aliphatic heterocycles. The molecule has 2 N–H and O–H groups in total. The van der Waals surface area contributed by atoms with Crippen LogP contribution in [0.4, 0.5) is 14.9 Å². The van der Waals surface area contributed by atoms with Gasteiger partial charge in [0.25, 0.3) is 0 Å². The number of benzene rings is 1. The minimum absolute atomic E-state index is 0.207. The second-order valence-corrected chi connectivity index (χ2v) is 5.70. The fraction of sp³-hybridized carbons (Fsp3) is 0.0556. The molecule has 4 aromatic rings. The molecule has 1 amide bonds. The van der Waals surface area contributed by atoms with E-state index in [0.29, 0.717) is 28.1 Å². The summed E-state index contributed by atoms with van der Waals surface area (Å²) in [6.07, 6.45) is 3.14. The first-order valence-electron chi connectivity index (χ1n) is 7.99. The van der Waals surface area contributed by atoms with Gasteiger partial charge in [0.15, 0.2) is 11.5 Å². The first kappa shape index (κ1) is 16.6. The van der Waals surface area contributed by atoms with E-state index in [0.717, 1.165) is 0 Å². The first-order chi connectivity index (χ1) is 13.1. The van der Waals surface area contributed by atoms with Crippen molar-refractivity contribution >= 4 is 22.8 Å². The van der Waals surface area contributed by atoms with Crippen molar-refractivity contribution in [2.24, 2.45) is 0 Å². The van der Waals surface area contributed by atoms with E-state index in [-0.39, 0.29) is 18.0 Å². The summed E-state index contributed by atoms with van der Waals surface area (Å²) < 4.78 is 15.6. The van der Waals surface area contributed by atoms with Gasteiger partial charge in [0.1, 0.15) is 11.5 Å². The number of pyridine rings is 1. The Morgan fingerprint density at radius 1 is 1.11 bits per heavy atom. The van der Waals surface area contributed by atoms with Crippen LogP contribution in [0, 0.1) is 5.82 Å². The second kappa shape index (κ2) is 6.79. The molecule has 4 rings (SSSR count). The van der Waals surface area contributed by atoms with Gasteiger partial charge in [0.05, 0.1) is 30.0 Å². The van der Waals surface area contributed by atoms with E-state index in [4.69, 9.17) is 5.11 Å². The van der Waals surface area contributed by atoms with Gasteiger partial charge >= 0.3 is 6.09 Å². The van der Waals surface area contributed by atoms with Crippen LogP contribution in [0.15, 0.2) is 55.0 Å². The number of halogens is 1. The molecule has 1 aromatic carbocycles. The van der Waals surface area contributed by atoms with Crippen molar-refractivity contribution in [2.75, 3.05) is 5.32 Å². The van der Waals surface area contributed by atoms with E-state index in [1.54, 1.807) is 35.1 Å². The summed E-state index contributed by atoms with van der Waals surface area (Å²) in [5, 5.41) is 16.1. The van der Waals surface area contributed by atoms with E-state index >= 15 is 0 Å². The van der Waals surface area contributed by atoms with Crippen molar-refractivity contribution in [3.05, 3.63) is 66.4 Å². The van der Waals surface area contributed by atoms with E-state index in [1.165, 1.54) is 18.5 Å². The number of anilines is 1. The third-order valence-electron chi connectivity index (χ3n) is 3.90. The number of nitrogens with one attached hydrogen (secondary N) is 1. The smallest absolute Gasteiger partial charge is 0.409 e. The lowest BCUT2D eigenvalue weighted by molar-refractivity contribution is 0.209. The summed E-state index contributed by atoms with van der Waals surface area (Å²) in [4.78, 5) is 23.4. The zero-order valence-corrected chi connectivity index (χ0v) is 13.9. The van der Waals surface area contributed by atoms with E-state index in [9.17, 15) is 9.18 Å². The van der Waals surface area contributed by atoms with Crippen LogP contribution in [0.2, 0.25) is 0 Å². The molecule has 0 saturated carbocycles. The molecule has 0 spiro atoms. The van der Waals surface area contributed by atoms with E-state index < -0.39 is 6.09 Å². The Bertz CT molecular complexity index is 1130. The lowest BCUT2D eigenvalue weighted by Gasteiger charge is -2.04. The van der Waals surface area contributed by atoms with Gasteiger partial charge in [-0.05, 0) is 18.2 Å². The fourth-order valence-corrected chi connectivity index (χ4v) is 2.71. The zero-order valence-electron chi connectivity index (χ0n) is 13.9. The van der Waals surface area contributed by atoms with Crippen molar-refractivity contribution in [2.45, 2.75) is 6.54 Å². The van der Waals surface area contributed by atoms with Gasteiger partial charge in [-0.15, -0.1) is 0 Å². The van der Waals surface area contributed by atoms with Gasteiger partial charge in [0, 0.05) is 11.8 Å². The van der Waals surface area contributed by atoms with Gasteiger partial charge in [0.2, 0.25) is 0 Å². The highest BCUT2D eigenvalue weighted by Crippen LogP contribution is 2.25. The predicted octanol–water partition coefficient (Wildman–Crippen LogP) is 3.17. The first-order valence-corrected chi connectivity index (χ1v) is 7.99. The number of aromatic nitrogens is 5. The Morgan fingerprint density at radius 3 is 2.63 bits per heavy atom. The van der Waals surface area contributed by atoms with Crippen LogP contribution in [-0.2, 0) is 6.54 Å². The highest BCUT2D eigenvalue weighted by Gasteiger charge is 2.16. The van der Waals surface area contributed by atoms with Crippen molar-refractivity contribution in [1.82, 2.24) is 24.7 Å². The van der Waals surface area contributed by atoms with Crippen LogP contribution in [0.5, 0.6) is 0 Å². The molecule has 134 valence electrons.